The molecule has 5 nitrogen and oxygen atoms in total. The van der Waals surface area contributed by atoms with Gasteiger partial charge in [-0.1, -0.05) is 23.7 Å². The molecule has 1 amide bonds. The Kier molecular flexibility index (Phi) is 5.67. The fraction of sp³-hybridized carbons (Fsp3) is 0.0500. The van der Waals surface area contributed by atoms with Crippen molar-refractivity contribution in [1.82, 2.24) is 0 Å². The van der Waals surface area contributed by atoms with Gasteiger partial charge in [-0.3, -0.25) is 9.10 Å². The van der Waals surface area contributed by atoms with Crippen LogP contribution in [0.2, 0.25) is 5.02 Å². The number of nitrogens with one attached hydrogen (secondary N) is 1. The van der Waals surface area contributed by atoms with Crippen LogP contribution in [0.3, 0.4) is 0 Å². The van der Waals surface area contributed by atoms with Gasteiger partial charge in [-0.05, 0) is 60.7 Å². The molecule has 3 aromatic rings. The van der Waals surface area contributed by atoms with E-state index < -0.39 is 21.7 Å². The molecule has 0 aliphatic rings. The van der Waals surface area contributed by atoms with Crippen molar-refractivity contribution in [2.24, 2.45) is 0 Å². The summed E-state index contributed by atoms with van der Waals surface area (Å²) in [5.74, 6) is -0.954. The zero-order valence-electron chi connectivity index (χ0n) is 14.8. The molecule has 0 radical (unpaired) electrons. The Labute approximate surface area is 167 Å². The first-order chi connectivity index (χ1) is 13.3. The fourth-order valence-corrected chi connectivity index (χ4v) is 3.83. The fourth-order valence-electron chi connectivity index (χ4n) is 2.52. The molecule has 1 N–H and O–H groups in total. The van der Waals surface area contributed by atoms with Crippen LogP contribution in [0.4, 0.5) is 15.8 Å². The molecule has 0 aliphatic carbocycles. The number of benzene rings is 3. The van der Waals surface area contributed by atoms with Crippen molar-refractivity contribution in [2.45, 2.75) is 4.90 Å². The van der Waals surface area contributed by atoms with Crippen LogP contribution < -0.4 is 9.62 Å². The van der Waals surface area contributed by atoms with Gasteiger partial charge in [0.15, 0.2) is 0 Å². The van der Waals surface area contributed by atoms with E-state index in [-0.39, 0.29) is 10.5 Å². The minimum atomic E-state index is -3.82. The molecule has 0 spiro atoms. The molecule has 0 unspecified atom stereocenters. The first-order valence-electron chi connectivity index (χ1n) is 8.19. The molecule has 0 atom stereocenters. The SMILES string of the molecule is CN(c1cccc(C(=O)Nc2cccc(F)c2)c1)S(=O)(=O)c1ccc(Cl)cc1. The Bertz CT molecular complexity index is 1120. The molecule has 0 bridgehead atoms. The zero-order chi connectivity index (χ0) is 20.3. The second kappa shape index (κ2) is 8.00. The van der Waals surface area contributed by atoms with Crippen LogP contribution >= 0.6 is 11.6 Å². The number of halogens is 2. The van der Waals surface area contributed by atoms with E-state index in [9.17, 15) is 17.6 Å². The Morgan fingerprint density at radius 1 is 1.00 bits per heavy atom. The zero-order valence-corrected chi connectivity index (χ0v) is 16.3. The number of amides is 1. The van der Waals surface area contributed by atoms with Gasteiger partial charge in [0.25, 0.3) is 15.9 Å². The van der Waals surface area contributed by atoms with Crippen molar-refractivity contribution in [2.75, 3.05) is 16.7 Å². The summed E-state index contributed by atoms with van der Waals surface area (Å²) in [6.07, 6.45) is 0. The summed E-state index contributed by atoms with van der Waals surface area (Å²) < 4.78 is 39.9. The third kappa shape index (κ3) is 4.32. The number of hydrogen-bond acceptors (Lipinski definition) is 3. The quantitative estimate of drug-likeness (QED) is 0.660. The summed E-state index contributed by atoms with van der Waals surface area (Å²) in [5, 5.41) is 3.01. The normalized spacial score (nSPS) is 11.1. The molecule has 0 aliphatic heterocycles. The lowest BCUT2D eigenvalue weighted by molar-refractivity contribution is 0.102. The predicted molar refractivity (Wildman–Crippen MR) is 108 cm³/mol. The van der Waals surface area contributed by atoms with Gasteiger partial charge in [-0.2, -0.15) is 0 Å². The maximum atomic E-state index is 13.3. The van der Waals surface area contributed by atoms with Gasteiger partial charge in [-0.25, -0.2) is 12.8 Å². The summed E-state index contributed by atoms with van der Waals surface area (Å²) in [6, 6.07) is 17.4. The van der Waals surface area contributed by atoms with Crippen LogP contribution in [-0.4, -0.2) is 21.4 Å². The van der Waals surface area contributed by atoms with Crippen molar-refractivity contribution in [3.8, 4) is 0 Å². The molecule has 3 rings (SSSR count). The maximum Gasteiger partial charge on any atom is 0.264 e. The van der Waals surface area contributed by atoms with E-state index in [4.69, 9.17) is 11.6 Å². The third-order valence-corrected chi connectivity index (χ3v) is 6.08. The standard InChI is InChI=1S/C20H16ClFN2O3S/c1-24(28(26,27)19-10-8-15(21)9-11-19)18-7-2-4-14(12-18)20(25)23-17-6-3-5-16(22)13-17/h2-13H,1H3,(H,23,25). The van der Waals surface area contributed by atoms with Crippen molar-refractivity contribution < 1.29 is 17.6 Å². The molecule has 0 saturated heterocycles. The van der Waals surface area contributed by atoms with Gasteiger partial charge in [0.05, 0.1) is 10.6 Å². The van der Waals surface area contributed by atoms with Crippen molar-refractivity contribution >= 4 is 38.9 Å². The number of nitrogens with zero attached hydrogens (tertiary/aromatic N) is 1. The molecule has 0 aromatic heterocycles. The summed E-state index contributed by atoms with van der Waals surface area (Å²) in [4.78, 5) is 12.5. The van der Waals surface area contributed by atoms with Crippen LogP contribution in [0.25, 0.3) is 0 Å². The van der Waals surface area contributed by atoms with Crippen LogP contribution in [0.1, 0.15) is 10.4 Å². The number of carbonyl (C=O) groups excluding carboxylic acids is 1. The average molecular weight is 419 g/mol. The molecule has 144 valence electrons. The van der Waals surface area contributed by atoms with Crippen LogP contribution in [0, 0.1) is 5.82 Å². The summed E-state index contributed by atoms with van der Waals surface area (Å²) >= 11 is 5.81. The molecule has 0 saturated carbocycles. The Morgan fingerprint density at radius 2 is 1.68 bits per heavy atom. The minimum absolute atomic E-state index is 0.0778. The molecule has 0 fully saturated rings. The van der Waals surface area contributed by atoms with E-state index in [0.29, 0.717) is 16.4 Å². The minimum Gasteiger partial charge on any atom is -0.322 e. The van der Waals surface area contributed by atoms with Gasteiger partial charge in [-0.15, -0.1) is 0 Å². The van der Waals surface area contributed by atoms with E-state index in [2.05, 4.69) is 5.32 Å². The van der Waals surface area contributed by atoms with E-state index >= 15 is 0 Å². The molecule has 8 heteroatoms. The van der Waals surface area contributed by atoms with E-state index in [1.165, 1.54) is 55.6 Å². The van der Waals surface area contributed by atoms with E-state index in [1.807, 2.05) is 0 Å². The summed E-state index contributed by atoms with van der Waals surface area (Å²) in [5.41, 5.74) is 0.847. The highest BCUT2D eigenvalue weighted by Crippen LogP contribution is 2.24. The van der Waals surface area contributed by atoms with Crippen molar-refractivity contribution in [3.05, 3.63) is 89.2 Å². The highest BCUT2D eigenvalue weighted by molar-refractivity contribution is 7.92. The van der Waals surface area contributed by atoms with Gasteiger partial charge in [0.1, 0.15) is 5.82 Å². The van der Waals surface area contributed by atoms with Gasteiger partial charge < -0.3 is 5.32 Å². The van der Waals surface area contributed by atoms with E-state index in [0.717, 1.165) is 4.31 Å². The average Bonchev–Trinajstić information content (AvgIpc) is 2.68. The lowest BCUT2D eigenvalue weighted by Crippen LogP contribution is -2.26. The Morgan fingerprint density at radius 3 is 2.36 bits per heavy atom. The number of rotatable bonds is 5. The third-order valence-electron chi connectivity index (χ3n) is 4.03. The summed E-state index contributed by atoms with van der Waals surface area (Å²) in [7, 11) is -2.43. The van der Waals surface area contributed by atoms with Gasteiger partial charge >= 0.3 is 0 Å². The van der Waals surface area contributed by atoms with Crippen LogP contribution in [-0.2, 0) is 10.0 Å². The lowest BCUT2D eigenvalue weighted by atomic mass is 10.2. The Hall–Kier alpha value is -2.90. The molecular weight excluding hydrogens is 403 g/mol. The first-order valence-corrected chi connectivity index (χ1v) is 10.0. The highest BCUT2D eigenvalue weighted by atomic mass is 35.5. The second-order valence-corrected chi connectivity index (χ2v) is 8.35. The monoisotopic (exact) mass is 418 g/mol. The van der Waals surface area contributed by atoms with Crippen LogP contribution in [0.15, 0.2) is 77.7 Å². The number of carbonyl (C=O) groups is 1. The number of hydrogen-bond donors (Lipinski definition) is 1. The van der Waals surface area contributed by atoms with Crippen molar-refractivity contribution in [3.63, 3.8) is 0 Å². The first kappa shape index (κ1) is 19.9. The Balaban J connectivity index is 1.85. The number of anilines is 2. The van der Waals surface area contributed by atoms with Crippen molar-refractivity contribution in [1.29, 1.82) is 0 Å². The lowest BCUT2D eigenvalue weighted by Gasteiger charge is -2.20. The topological polar surface area (TPSA) is 66.5 Å². The van der Waals surface area contributed by atoms with E-state index in [1.54, 1.807) is 24.3 Å². The summed E-state index contributed by atoms with van der Waals surface area (Å²) in [6.45, 7) is 0. The molecule has 0 heterocycles. The molecule has 3 aromatic carbocycles. The van der Waals surface area contributed by atoms with Crippen LogP contribution in [0.5, 0.6) is 0 Å². The molecular formula is C20H16ClFN2O3S. The largest absolute Gasteiger partial charge is 0.322 e. The highest BCUT2D eigenvalue weighted by Gasteiger charge is 2.22. The predicted octanol–water partition coefficient (Wildman–Crippen LogP) is 4.56. The molecule has 28 heavy (non-hydrogen) atoms. The number of sulfonamides is 1. The van der Waals surface area contributed by atoms with Gasteiger partial charge in [0.2, 0.25) is 0 Å². The second-order valence-electron chi connectivity index (χ2n) is 5.94. The smallest absolute Gasteiger partial charge is 0.264 e. The maximum absolute atomic E-state index is 13.3. The van der Waals surface area contributed by atoms with Gasteiger partial charge in [0, 0.05) is 23.3 Å².